The molecule has 1 unspecified atom stereocenters. The zero-order valence-corrected chi connectivity index (χ0v) is 17.1. The number of halogens is 2. The molecule has 1 fully saturated rings. The van der Waals surface area contributed by atoms with Crippen LogP contribution in [0.2, 0.25) is 0 Å². The summed E-state index contributed by atoms with van der Waals surface area (Å²) in [5.74, 6) is -0.648. The van der Waals surface area contributed by atoms with Gasteiger partial charge in [-0.3, -0.25) is 9.78 Å². The number of H-pyrrole nitrogens is 1. The van der Waals surface area contributed by atoms with Crippen LogP contribution in [0.3, 0.4) is 0 Å². The molecule has 1 saturated heterocycles. The molecule has 0 spiro atoms. The molecule has 1 aliphatic heterocycles. The first kappa shape index (κ1) is 19.7. The van der Waals surface area contributed by atoms with E-state index in [1.54, 1.807) is 6.92 Å². The molecule has 6 nitrogen and oxygen atoms in total. The second kappa shape index (κ2) is 8.11. The molecule has 2 aromatic carbocycles. The van der Waals surface area contributed by atoms with Gasteiger partial charge in [-0.1, -0.05) is 0 Å². The van der Waals surface area contributed by atoms with Gasteiger partial charge in [0.05, 0.1) is 17.8 Å². The van der Waals surface area contributed by atoms with Gasteiger partial charge in [-0.15, -0.1) is 0 Å². The molecule has 8 heteroatoms. The van der Waals surface area contributed by atoms with E-state index in [9.17, 15) is 8.78 Å². The highest BCUT2D eigenvalue weighted by molar-refractivity contribution is 5.93. The van der Waals surface area contributed by atoms with Gasteiger partial charge in [0.15, 0.2) is 0 Å². The van der Waals surface area contributed by atoms with Crippen LogP contribution >= 0.6 is 0 Å². The summed E-state index contributed by atoms with van der Waals surface area (Å²) in [6.07, 6.45) is 5.47. The molecule has 5 rings (SSSR count). The lowest BCUT2D eigenvalue weighted by molar-refractivity contribution is 0.226. The van der Waals surface area contributed by atoms with Crippen molar-refractivity contribution in [3.05, 3.63) is 66.0 Å². The van der Waals surface area contributed by atoms with Crippen molar-refractivity contribution < 1.29 is 13.5 Å². The van der Waals surface area contributed by atoms with Gasteiger partial charge in [-0.05, 0) is 68.8 Å². The standard InChI is InChI=1S/C23H23F2N5O/c1-14(15-8-17(24)10-18(25)9-15)31-20-2-3-22-21(11-20)23(29-28-22)16-12-27-30(13-16)19-4-6-26-7-5-19/h2-3,8-14,19,26H,4-7H2,1H3,(H,28,29). The summed E-state index contributed by atoms with van der Waals surface area (Å²) in [5.41, 5.74) is 3.04. The van der Waals surface area contributed by atoms with Gasteiger partial charge in [0.2, 0.25) is 0 Å². The van der Waals surface area contributed by atoms with Crippen molar-refractivity contribution in [1.29, 1.82) is 0 Å². The SMILES string of the molecule is CC(Oc1ccc2[nH]nc(-c3cnn(C4CCNCC4)c3)c2c1)c1cc(F)cc(F)c1. The molecular weight excluding hydrogens is 400 g/mol. The molecule has 2 aromatic heterocycles. The summed E-state index contributed by atoms with van der Waals surface area (Å²) in [4.78, 5) is 0. The summed E-state index contributed by atoms with van der Waals surface area (Å²) in [6, 6.07) is 9.40. The normalized spacial score (nSPS) is 16.0. The van der Waals surface area contributed by atoms with Crippen LogP contribution in [0.25, 0.3) is 22.2 Å². The fourth-order valence-corrected chi connectivity index (χ4v) is 4.10. The highest BCUT2D eigenvalue weighted by Crippen LogP contribution is 2.32. The number of benzene rings is 2. The Kier molecular flexibility index (Phi) is 5.15. The van der Waals surface area contributed by atoms with Gasteiger partial charge in [-0.2, -0.15) is 10.2 Å². The lowest BCUT2D eigenvalue weighted by Gasteiger charge is -2.22. The molecular formula is C23H23F2N5O. The van der Waals surface area contributed by atoms with E-state index in [2.05, 4.69) is 20.6 Å². The third kappa shape index (κ3) is 4.03. The summed E-state index contributed by atoms with van der Waals surface area (Å²) < 4.78 is 35.1. The Morgan fingerprint density at radius 1 is 1.10 bits per heavy atom. The van der Waals surface area contributed by atoms with Crippen LogP contribution in [0.5, 0.6) is 5.75 Å². The molecule has 1 atom stereocenters. The van der Waals surface area contributed by atoms with Crippen molar-refractivity contribution >= 4 is 10.9 Å². The second-order valence-corrected chi connectivity index (χ2v) is 7.93. The minimum atomic E-state index is -0.621. The van der Waals surface area contributed by atoms with Crippen molar-refractivity contribution in [2.75, 3.05) is 13.1 Å². The highest BCUT2D eigenvalue weighted by Gasteiger charge is 2.18. The second-order valence-electron chi connectivity index (χ2n) is 7.93. The molecule has 0 saturated carbocycles. The minimum Gasteiger partial charge on any atom is -0.486 e. The van der Waals surface area contributed by atoms with Gasteiger partial charge >= 0.3 is 0 Å². The summed E-state index contributed by atoms with van der Waals surface area (Å²) in [6.45, 7) is 3.76. The quantitative estimate of drug-likeness (QED) is 0.485. The number of hydrogen-bond donors (Lipinski definition) is 2. The predicted molar refractivity (Wildman–Crippen MR) is 114 cm³/mol. The Bertz CT molecular complexity index is 1190. The van der Waals surface area contributed by atoms with Crippen LogP contribution in [0.4, 0.5) is 8.78 Å². The largest absolute Gasteiger partial charge is 0.486 e. The van der Waals surface area contributed by atoms with Crippen molar-refractivity contribution in [2.24, 2.45) is 0 Å². The fourth-order valence-electron chi connectivity index (χ4n) is 4.10. The number of nitrogens with zero attached hydrogens (tertiary/aromatic N) is 3. The topological polar surface area (TPSA) is 67.8 Å². The number of ether oxygens (including phenoxy) is 1. The maximum absolute atomic E-state index is 13.6. The number of nitrogens with one attached hydrogen (secondary N) is 2. The average Bonchev–Trinajstić information content (AvgIpc) is 3.40. The van der Waals surface area contributed by atoms with E-state index < -0.39 is 17.7 Å². The van der Waals surface area contributed by atoms with Crippen molar-refractivity contribution in [1.82, 2.24) is 25.3 Å². The molecule has 31 heavy (non-hydrogen) atoms. The lowest BCUT2D eigenvalue weighted by Crippen LogP contribution is -2.29. The molecule has 160 valence electrons. The molecule has 0 bridgehead atoms. The van der Waals surface area contributed by atoms with Crippen LogP contribution in [0.1, 0.15) is 37.5 Å². The predicted octanol–water partition coefficient (Wildman–Crippen LogP) is 4.77. The fraction of sp³-hybridized carbons (Fsp3) is 0.304. The van der Waals surface area contributed by atoms with E-state index in [1.165, 1.54) is 12.1 Å². The molecule has 2 N–H and O–H groups in total. The van der Waals surface area contributed by atoms with Crippen LogP contribution in [0.15, 0.2) is 48.8 Å². The maximum Gasteiger partial charge on any atom is 0.126 e. The minimum absolute atomic E-state index is 0.395. The van der Waals surface area contributed by atoms with Gasteiger partial charge in [0.25, 0.3) is 0 Å². The van der Waals surface area contributed by atoms with Crippen LogP contribution in [-0.2, 0) is 0 Å². The van der Waals surface area contributed by atoms with Crippen molar-refractivity contribution in [3.8, 4) is 17.0 Å². The summed E-state index contributed by atoms with van der Waals surface area (Å²) in [7, 11) is 0. The van der Waals surface area contributed by atoms with Crippen molar-refractivity contribution in [2.45, 2.75) is 31.9 Å². The van der Waals surface area contributed by atoms with Gasteiger partial charge < -0.3 is 10.1 Å². The molecule has 4 aromatic rings. The van der Waals surface area contributed by atoms with E-state index >= 15 is 0 Å². The molecule has 0 aliphatic carbocycles. The van der Waals surface area contributed by atoms with Crippen molar-refractivity contribution in [3.63, 3.8) is 0 Å². The number of hydrogen-bond acceptors (Lipinski definition) is 4. The van der Waals surface area contributed by atoms with Crippen LogP contribution < -0.4 is 10.1 Å². The number of piperidine rings is 1. The molecule has 3 heterocycles. The first-order valence-electron chi connectivity index (χ1n) is 10.4. The lowest BCUT2D eigenvalue weighted by atomic mass is 10.1. The highest BCUT2D eigenvalue weighted by atomic mass is 19.1. The van der Waals surface area contributed by atoms with E-state index in [-0.39, 0.29) is 0 Å². The number of aromatic amines is 1. The monoisotopic (exact) mass is 423 g/mol. The third-order valence-electron chi connectivity index (χ3n) is 5.76. The Labute approximate surface area is 178 Å². The number of rotatable bonds is 5. The maximum atomic E-state index is 13.6. The number of fused-ring (bicyclic) bond motifs is 1. The zero-order chi connectivity index (χ0) is 21.4. The molecule has 0 radical (unpaired) electrons. The molecule has 0 amide bonds. The van der Waals surface area contributed by atoms with Gasteiger partial charge in [0, 0.05) is 23.2 Å². The van der Waals surface area contributed by atoms with E-state index in [0.717, 1.165) is 54.2 Å². The summed E-state index contributed by atoms with van der Waals surface area (Å²) in [5, 5.41) is 16.4. The van der Waals surface area contributed by atoms with Crippen LogP contribution in [0, 0.1) is 11.6 Å². The first-order valence-corrected chi connectivity index (χ1v) is 10.4. The van der Waals surface area contributed by atoms with E-state index in [0.29, 0.717) is 17.4 Å². The average molecular weight is 423 g/mol. The smallest absolute Gasteiger partial charge is 0.126 e. The zero-order valence-electron chi connectivity index (χ0n) is 17.1. The van der Waals surface area contributed by atoms with E-state index in [4.69, 9.17) is 4.74 Å². The van der Waals surface area contributed by atoms with E-state index in [1.807, 2.05) is 35.3 Å². The summed E-state index contributed by atoms with van der Waals surface area (Å²) >= 11 is 0. The Morgan fingerprint density at radius 2 is 1.87 bits per heavy atom. The Balaban J connectivity index is 1.41. The van der Waals surface area contributed by atoms with Gasteiger partial charge in [-0.25, -0.2) is 8.78 Å². The Hall–Kier alpha value is -3.26. The first-order chi connectivity index (χ1) is 15.1. The number of aromatic nitrogens is 4. The molecule has 1 aliphatic rings. The van der Waals surface area contributed by atoms with Crippen LogP contribution in [-0.4, -0.2) is 33.1 Å². The third-order valence-corrected chi connectivity index (χ3v) is 5.76. The van der Waals surface area contributed by atoms with Gasteiger partial charge in [0.1, 0.15) is 29.2 Å². The Morgan fingerprint density at radius 3 is 2.65 bits per heavy atom.